The van der Waals surface area contributed by atoms with E-state index in [1.807, 2.05) is 0 Å². The molecule has 1 saturated heterocycles. The molecule has 2 N–H and O–H groups in total. The Labute approximate surface area is 78.5 Å². The average Bonchev–Trinajstić information content (AvgIpc) is 2.47. The van der Waals surface area contributed by atoms with Gasteiger partial charge in [0.1, 0.15) is 0 Å². The molecule has 1 aliphatic carbocycles. The highest BCUT2D eigenvalue weighted by atomic mass is 32.2. The first-order valence-corrected chi connectivity index (χ1v) is 6.27. The van der Waals surface area contributed by atoms with E-state index in [0.29, 0.717) is 24.8 Å². The summed E-state index contributed by atoms with van der Waals surface area (Å²) in [6, 6.07) is 0.320. The summed E-state index contributed by atoms with van der Waals surface area (Å²) in [4.78, 5) is 0. The third kappa shape index (κ3) is 1.87. The first kappa shape index (κ1) is 9.43. The van der Waals surface area contributed by atoms with Crippen LogP contribution in [0.3, 0.4) is 0 Å². The highest BCUT2D eigenvalue weighted by Crippen LogP contribution is 2.33. The van der Waals surface area contributed by atoms with Crippen LogP contribution in [0.1, 0.15) is 25.7 Å². The number of hydrogen-bond donors (Lipinski definition) is 2. The first-order valence-electron chi connectivity index (χ1n) is 4.77. The molecular formula is C8H15NO3S. The van der Waals surface area contributed by atoms with Gasteiger partial charge in [-0.3, -0.25) is 4.55 Å². The van der Waals surface area contributed by atoms with Gasteiger partial charge in [-0.05, 0) is 38.1 Å². The molecule has 0 spiro atoms. The fourth-order valence-corrected chi connectivity index (χ4v) is 3.40. The molecule has 5 heteroatoms. The predicted octanol–water partition coefficient (Wildman–Crippen LogP) is 0.405. The molecule has 4 nitrogen and oxygen atoms in total. The van der Waals surface area contributed by atoms with Crippen molar-refractivity contribution in [3.8, 4) is 0 Å². The topological polar surface area (TPSA) is 66.4 Å². The molecule has 1 saturated carbocycles. The smallest absolute Gasteiger partial charge is 0.267 e. The van der Waals surface area contributed by atoms with E-state index in [1.165, 1.54) is 0 Å². The summed E-state index contributed by atoms with van der Waals surface area (Å²) in [5.41, 5.74) is 0. The molecule has 0 radical (unpaired) electrons. The maximum atomic E-state index is 10.9. The van der Waals surface area contributed by atoms with Gasteiger partial charge in [0.2, 0.25) is 0 Å². The van der Waals surface area contributed by atoms with Crippen molar-refractivity contribution >= 4 is 10.1 Å². The molecule has 0 aromatic rings. The van der Waals surface area contributed by atoms with Gasteiger partial charge >= 0.3 is 0 Å². The fraction of sp³-hybridized carbons (Fsp3) is 1.00. The van der Waals surface area contributed by atoms with Crippen LogP contribution in [0.2, 0.25) is 0 Å². The summed E-state index contributed by atoms with van der Waals surface area (Å²) < 4.78 is 30.7. The minimum absolute atomic E-state index is 0.320. The second-order valence-electron chi connectivity index (χ2n) is 4.06. The average molecular weight is 205 g/mol. The third-order valence-electron chi connectivity index (χ3n) is 3.29. The van der Waals surface area contributed by atoms with E-state index in [-0.39, 0.29) is 0 Å². The van der Waals surface area contributed by atoms with Crippen LogP contribution < -0.4 is 5.32 Å². The molecule has 2 aliphatic rings. The number of nitrogens with one attached hydrogen (secondary N) is 1. The lowest BCUT2D eigenvalue weighted by Gasteiger charge is -2.29. The number of rotatable bonds is 1. The van der Waals surface area contributed by atoms with E-state index in [1.54, 1.807) is 0 Å². The second kappa shape index (κ2) is 3.22. The maximum Gasteiger partial charge on any atom is 0.267 e. The van der Waals surface area contributed by atoms with Gasteiger partial charge < -0.3 is 5.32 Å². The molecular weight excluding hydrogens is 190 g/mol. The van der Waals surface area contributed by atoms with Crippen LogP contribution in [-0.2, 0) is 10.1 Å². The molecule has 2 rings (SSSR count). The molecule has 0 bridgehead atoms. The summed E-state index contributed by atoms with van der Waals surface area (Å²) in [6.07, 6.45) is 3.30. The van der Waals surface area contributed by atoms with Gasteiger partial charge in [0.05, 0.1) is 5.25 Å². The first-order chi connectivity index (χ1) is 6.07. The zero-order valence-electron chi connectivity index (χ0n) is 7.44. The SMILES string of the molecule is O=S(=O)(O)[C@H]1CC[C@@H]2CCN[C@@H]2C1. The van der Waals surface area contributed by atoms with Gasteiger partial charge in [-0.1, -0.05) is 0 Å². The minimum atomic E-state index is -3.80. The van der Waals surface area contributed by atoms with Crippen LogP contribution >= 0.6 is 0 Å². The third-order valence-corrected chi connectivity index (χ3v) is 4.56. The molecule has 3 atom stereocenters. The zero-order chi connectivity index (χ0) is 9.47. The fourth-order valence-electron chi connectivity index (χ4n) is 2.51. The van der Waals surface area contributed by atoms with Crippen molar-refractivity contribution in [2.45, 2.75) is 37.0 Å². The quantitative estimate of drug-likeness (QED) is 0.608. The Bertz CT molecular complexity index is 288. The highest BCUT2D eigenvalue weighted by Gasteiger charge is 2.38. The molecule has 0 aromatic carbocycles. The molecule has 0 unspecified atom stereocenters. The Balaban J connectivity index is 2.05. The van der Waals surface area contributed by atoms with E-state index in [2.05, 4.69) is 5.32 Å². The standard InChI is InChI=1S/C8H15NO3S/c10-13(11,12)7-2-1-6-3-4-9-8(6)5-7/h6-9H,1-5H2,(H,10,11,12)/t6-,7+,8-/m1/s1. The van der Waals surface area contributed by atoms with Crippen molar-refractivity contribution in [2.75, 3.05) is 6.54 Å². The molecule has 0 amide bonds. The summed E-state index contributed by atoms with van der Waals surface area (Å²) >= 11 is 0. The van der Waals surface area contributed by atoms with Crippen LogP contribution in [0.5, 0.6) is 0 Å². The summed E-state index contributed by atoms with van der Waals surface area (Å²) in [7, 11) is -3.80. The van der Waals surface area contributed by atoms with Crippen molar-refractivity contribution < 1.29 is 13.0 Å². The van der Waals surface area contributed by atoms with Gasteiger partial charge in [-0.15, -0.1) is 0 Å². The summed E-state index contributed by atoms with van der Waals surface area (Å²) in [6.45, 7) is 0.994. The van der Waals surface area contributed by atoms with Crippen LogP contribution in [0, 0.1) is 5.92 Å². The molecule has 2 fully saturated rings. The Morgan fingerprint density at radius 3 is 2.69 bits per heavy atom. The maximum absolute atomic E-state index is 10.9. The van der Waals surface area contributed by atoms with Crippen LogP contribution in [0.25, 0.3) is 0 Å². The summed E-state index contributed by atoms with van der Waals surface area (Å²) in [5.74, 6) is 0.637. The summed E-state index contributed by atoms with van der Waals surface area (Å²) in [5, 5.41) is 2.76. The van der Waals surface area contributed by atoms with Crippen LogP contribution in [0.4, 0.5) is 0 Å². The Morgan fingerprint density at radius 1 is 1.23 bits per heavy atom. The molecule has 1 heterocycles. The van der Waals surface area contributed by atoms with Crippen molar-refractivity contribution in [1.82, 2.24) is 5.32 Å². The van der Waals surface area contributed by atoms with Gasteiger partial charge in [0.25, 0.3) is 10.1 Å². The highest BCUT2D eigenvalue weighted by molar-refractivity contribution is 7.86. The molecule has 0 aromatic heterocycles. The molecule has 13 heavy (non-hydrogen) atoms. The van der Waals surface area contributed by atoms with E-state index in [0.717, 1.165) is 19.4 Å². The number of fused-ring (bicyclic) bond motifs is 1. The monoisotopic (exact) mass is 205 g/mol. The van der Waals surface area contributed by atoms with Crippen LogP contribution in [0.15, 0.2) is 0 Å². The van der Waals surface area contributed by atoms with Crippen molar-refractivity contribution in [2.24, 2.45) is 5.92 Å². The predicted molar refractivity (Wildman–Crippen MR) is 49.1 cm³/mol. The van der Waals surface area contributed by atoms with Gasteiger partial charge in [-0.2, -0.15) is 8.42 Å². The van der Waals surface area contributed by atoms with E-state index < -0.39 is 15.4 Å². The van der Waals surface area contributed by atoms with E-state index in [9.17, 15) is 8.42 Å². The number of hydrogen-bond acceptors (Lipinski definition) is 3. The lowest BCUT2D eigenvalue weighted by Crippen LogP contribution is -2.38. The van der Waals surface area contributed by atoms with Crippen molar-refractivity contribution in [3.05, 3.63) is 0 Å². The van der Waals surface area contributed by atoms with Crippen molar-refractivity contribution in [1.29, 1.82) is 0 Å². The Kier molecular flexibility index (Phi) is 2.33. The normalized spacial score (nSPS) is 40.2. The molecule has 76 valence electrons. The van der Waals surface area contributed by atoms with Gasteiger partial charge in [0, 0.05) is 6.04 Å². The second-order valence-corrected chi connectivity index (χ2v) is 5.76. The Hall–Kier alpha value is -0.130. The van der Waals surface area contributed by atoms with Gasteiger partial charge in [-0.25, -0.2) is 0 Å². The molecule has 1 aliphatic heterocycles. The Morgan fingerprint density at radius 2 is 2.00 bits per heavy atom. The van der Waals surface area contributed by atoms with E-state index >= 15 is 0 Å². The van der Waals surface area contributed by atoms with Crippen molar-refractivity contribution in [3.63, 3.8) is 0 Å². The lowest BCUT2D eigenvalue weighted by atomic mass is 9.85. The lowest BCUT2D eigenvalue weighted by molar-refractivity contribution is 0.315. The van der Waals surface area contributed by atoms with Gasteiger partial charge in [0.15, 0.2) is 0 Å². The van der Waals surface area contributed by atoms with Crippen LogP contribution in [-0.4, -0.2) is 30.8 Å². The zero-order valence-corrected chi connectivity index (χ0v) is 8.26. The largest absolute Gasteiger partial charge is 0.314 e. The minimum Gasteiger partial charge on any atom is -0.314 e. The van der Waals surface area contributed by atoms with E-state index in [4.69, 9.17) is 4.55 Å².